The summed E-state index contributed by atoms with van der Waals surface area (Å²) in [6, 6.07) is 6.56. The number of H-pyrrole nitrogens is 1. The monoisotopic (exact) mass is 292 g/mol. The van der Waals surface area contributed by atoms with Crippen LogP contribution < -0.4 is 4.74 Å². The summed E-state index contributed by atoms with van der Waals surface area (Å²) in [5.74, 6) is 0.890. The maximum Gasteiger partial charge on any atom is 0.178 e. The number of nitrogens with zero attached hydrogens (tertiary/aromatic N) is 1. The van der Waals surface area contributed by atoms with Crippen LogP contribution in [0.1, 0.15) is 32.2 Å². The van der Waals surface area contributed by atoms with Gasteiger partial charge in [0.25, 0.3) is 0 Å². The minimum Gasteiger partial charge on any atom is -0.491 e. The fraction of sp³-hybridized carbons (Fsp3) is 0.533. The Labute approximate surface area is 123 Å². The molecule has 1 fully saturated rings. The quantitative estimate of drug-likeness (QED) is 0.870. The van der Waals surface area contributed by atoms with E-state index in [1.54, 1.807) is 0 Å². The highest BCUT2D eigenvalue weighted by Crippen LogP contribution is 2.30. The summed E-state index contributed by atoms with van der Waals surface area (Å²) in [6.45, 7) is 4.45. The Morgan fingerprint density at radius 2 is 2.20 bits per heavy atom. The predicted molar refractivity (Wildman–Crippen MR) is 82.0 cm³/mol. The Bertz CT molecular complexity index is 641. The van der Waals surface area contributed by atoms with E-state index in [-0.39, 0.29) is 0 Å². The molecule has 0 bridgehead atoms. The normalized spacial score (nSPS) is 16.6. The van der Waals surface area contributed by atoms with Crippen LogP contribution in [0.2, 0.25) is 0 Å². The van der Waals surface area contributed by atoms with Gasteiger partial charge in [-0.3, -0.25) is 0 Å². The van der Waals surface area contributed by atoms with Crippen LogP contribution in [0, 0.1) is 4.77 Å². The van der Waals surface area contributed by atoms with Crippen molar-refractivity contribution in [3.05, 3.63) is 23.0 Å². The topological polar surface area (TPSA) is 39.2 Å². The number of imidazole rings is 1. The lowest BCUT2D eigenvalue weighted by atomic mass is 10.1. The highest BCUT2D eigenvalue weighted by Gasteiger charge is 2.19. The zero-order valence-electron chi connectivity index (χ0n) is 11.7. The minimum absolute atomic E-state index is 0.423. The van der Waals surface area contributed by atoms with Gasteiger partial charge in [-0.05, 0) is 43.6 Å². The molecule has 1 N–H and O–H groups in total. The lowest BCUT2D eigenvalue weighted by Crippen LogP contribution is -2.19. The number of hydrogen-bond acceptors (Lipinski definition) is 3. The Morgan fingerprint density at radius 1 is 1.40 bits per heavy atom. The standard InChI is InChI=1S/C15H20N2O2S/c1-2-8-19-13-5-3-4-12-14(13)16-15(20)17(12)11-6-9-18-10-7-11/h3-5,11H,2,6-10H2,1H3,(H,16,20). The summed E-state index contributed by atoms with van der Waals surface area (Å²) in [7, 11) is 0. The second-order valence-electron chi connectivity index (χ2n) is 5.14. The van der Waals surface area contributed by atoms with Crippen molar-refractivity contribution >= 4 is 23.3 Å². The van der Waals surface area contributed by atoms with Gasteiger partial charge in [-0.2, -0.15) is 0 Å². The van der Waals surface area contributed by atoms with Gasteiger partial charge in [0.15, 0.2) is 4.77 Å². The van der Waals surface area contributed by atoms with Crippen molar-refractivity contribution in [1.29, 1.82) is 0 Å². The first-order chi connectivity index (χ1) is 9.81. The first kappa shape index (κ1) is 13.6. The van der Waals surface area contributed by atoms with E-state index in [2.05, 4.69) is 22.5 Å². The number of hydrogen-bond donors (Lipinski definition) is 1. The molecule has 0 amide bonds. The molecule has 3 rings (SSSR count). The number of nitrogens with one attached hydrogen (secondary N) is 1. The number of aromatic nitrogens is 2. The number of para-hydroxylation sites is 1. The van der Waals surface area contributed by atoms with E-state index in [4.69, 9.17) is 21.7 Å². The molecule has 0 saturated carbocycles. The van der Waals surface area contributed by atoms with Crippen molar-refractivity contribution in [1.82, 2.24) is 9.55 Å². The molecule has 0 aliphatic carbocycles. The third-order valence-corrected chi connectivity index (χ3v) is 4.03. The molecule has 20 heavy (non-hydrogen) atoms. The summed E-state index contributed by atoms with van der Waals surface area (Å²) in [5, 5.41) is 0. The van der Waals surface area contributed by atoms with Crippen LogP contribution in [0.25, 0.3) is 11.0 Å². The number of fused-ring (bicyclic) bond motifs is 1. The zero-order chi connectivity index (χ0) is 13.9. The Morgan fingerprint density at radius 3 is 2.95 bits per heavy atom. The molecular formula is C15H20N2O2S. The van der Waals surface area contributed by atoms with Gasteiger partial charge in [0.05, 0.1) is 12.1 Å². The van der Waals surface area contributed by atoms with Crippen molar-refractivity contribution in [3.8, 4) is 5.75 Å². The lowest BCUT2D eigenvalue weighted by Gasteiger charge is -2.24. The molecule has 5 heteroatoms. The summed E-state index contributed by atoms with van der Waals surface area (Å²) in [4.78, 5) is 3.31. The molecule has 1 saturated heterocycles. The number of benzene rings is 1. The van der Waals surface area contributed by atoms with Gasteiger partial charge >= 0.3 is 0 Å². The van der Waals surface area contributed by atoms with Gasteiger partial charge in [0.2, 0.25) is 0 Å². The van der Waals surface area contributed by atoms with E-state index >= 15 is 0 Å². The van der Waals surface area contributed by atoms with Gasteiger partial charge in [-0.25, -0.2) is 0 Å². The van der Waals surface area contributed by atoms with E-state index in [0.29, 0.717) is 6.04 Å². The number of aromatic amines is 1. The Balaban J connectivity index is 2.04. The summed E-state index contributed by atoms with van der Waals surface area (Å²) >= 11 is 5.52. The second kappa shape index (κ2) is 5.97. The average molecular weight is 292 g/mol. The summed E-state index contributed by atoms with van der Waals surface area (Å²) in [5.41, 5.74) is 2.15. The summed E-state index contributed by atoms with van der Waals surface area (Å²) < 4.78 is 14.3. The molecule has 1 aromatic heterocycles. The van der Waals surface area contributed by atoms with Crippen LogP contribution in [-0.4, -0.2) is 29.4 Å². The van der Waals surface area contributed by atoms with E-state index in [1.807, 2.05) is 12.1 Å². The highest BCUT2D eigenvalue weighted by molar-refractivity contribution is 7.71. The van der Waals surface area contributed by atoms with Crippen LogP contribution in [0.3, 0.4) is 0 Å². The molecule has 1 aliphatic rings. The fourth-order valence-electron chi connectivity index (χ4n) is 2.76. The molecule has 0 radical (unpaired) electrons. The van der Waals surface area contributed by atoms with E-state index in [0.717, 1.165) is 60.6 Å². The molecule has 1 aromatic carbocycles. The molecule has 4 nitrogen and oxygen atoms in total. The Kier molecular flexibility index (Phi) is 4.08. The van der Waals surface area contributed by atoms with Gasteiger partial charge in [-0.1, -0.05) is 13.0 Å². The van der Waals surface area contributed by atoms with E-state index in [1.165, 1.54) is 0 Å². The average Bonchev–Trinajstić information content (AvgIpc) is 2.82. The fourth-order valence-corrected chi connectivity index (χ4v) is 3.11. The largest absolute Gasteiger partial charge is 0.491 e. The van der Waals surface area contributed by atoms with E-state index < -0.39 is 0 Å². The van der Waals surface area contributed by atoms with Crippen LogP contribution >= 0.6 is 12.2 Å². The predicted octanol–water partition coefficient (Wildman–Crippen LogP) is 3.84. The van der Waals surface area contributed by atoms with Gasteiger partial charge in [0.1, 0.15) is 11.3 Å². The second-order valence-corrected chi connectivity index (χ2v) is 5.53. The number of ether oxygens (including phenoxy) is 2. The van der Waals surface area contributed by atoms with Crippen molar-refractivity contribution in [3.63, 3.8) is 0 Å². The zero-order valence-corrected chi connectivity index (χ0v) is 12.5. The van der Waals surface area contributed by atoms with Crippen molar-refractivity contribution in [2.24, 2.45) is 0 Å². The highest BCUT2D eigenvalue weighted by atomic mass is 32.1. The van der Waals surface area contributed by atoms with Crippen molar-refractivity contribution in [2.45, 2.75) is 32.2 Å². The molecule has 0 atom stereocenters. The lowest BCUT2D eigenvalue weighted by molar-refractivity contribution is 0.0702. The molecule has 0 spiro atoms. The SMILES string of the molecule is CCCOc1cccc2c1[nH]c(=S)n2C1CCOCC1. The van der Waals surface area contributed by atoms with Gasteiger partial charge in [-0.15, -0.1) is 0 Å². The van der Waals surface area contributed by atoms with E-state index in [9.17, 15) is 0 Å². The molecule has 108 valence electrons. The maximum atomic E-state index is 5.81. The molecular weight excluding hydrogens is 272 g/mol. The summed E-state index contributed by atoms with van der Waals surface area (Å²) in [6.07, 6.45) is 3.03. The van der Waals surface area contributed by atoms with Gasteiger partial charge < -0.3 is 19.0 Å². The smallest absolute Gasteiger partial charge is 0.178 e. The van der Waals surface area contributed by atoms with Crippen LogP contribution in [0.4, 0.5) is 0 Å². The molecule has 1 aliphatic heterocycles. The van der Waals surface area contributed by atoms with Crippen LogP contribution in [0.15, 0.2) is 18.2 Å². The number of rotatable bonds is 4. The molecule has 2 heterocycles. The van der Waals surface area contributed by atoms with Crippen molar-refractivity contribution in [2.75, 3.05) is 19.8 Å². The Hall–Kier alpha value is -1.33. The minimum atomic E-state index is 0.423. The third kappa shape index (κ3) is 2.47. The molecule has 0 unspecified atom stereocenters. The maximum absolute atomic E-state index is 5.81. The first-order valence-electron chi connectivity index (χ1n) is 7.25. The first-order valence-corrected chi connectivity index (χ1v) is 7.66. The van der Waals surface area contributed by atoms with Crippen LogP contribution in [0.5, 0.6) is 5.75 Å². The van der Waals surface area contributed by atoms with Crippen LogP contribution in [-0.2, 0) is 4.74 Å². The van der Waals surface area contributed by atoms with Crippen molar-refractivity contribution < 1.29 is 9.47 Å². The molecule has 2 aromatic rings. The third-order valence-electron chi connectivity index (χ3n) is 3.73. The van der Waals surface area contributed by atoms with Gasteiger partial charge in [0, 0.05) is 19.3 Å².